The molecule has 0 aromatic carbocycles. The van der Waals surface area contributed by atoms with Gasteiger partial charge in [-0.05, 0) is 61.5 Å². The number of thioether (sulfide) groups is 1. The van der Waals surface area contributed by atoms with Gasteiger partial charge in [-0.2, -0.15) is 11.8 Å². The van der Waals surface area contributed by atoms with Gasteiger partial charge in [0, 0.05) is 5.25 Å². The highest BCUT2D eigenvalue weighted by Gasteiger charge is 2.37. The van der Waals surface area contributed by atoms with E-state index in [-0.39, 0.29) is 0 Å². The summed E-state index contributed by atoms with van der Waals surface area (Å²) in [6.45, 7) is 2.52. The zero-order valence-corrected chi connectivity index (χ0v) is 10.1. The molecule has 0 aromatic rings. The molecule has 4 rings (SSSR count). The standard InChI is InChI=1S/C13H22S/c1-9-4-10-2-3-12(9)5-11-7-13(6-10)14-8-11/h9-13H,2-8H2,1H3/t9?,10?,11?,12?,13-/m0/s1. The molecule has 1 heteroatoms. The highest BCUT2D eigenvalue weighted by atomic mass is 32.2. The third kappa shape index (κ3) is 1.73. The Morgan fingerprint density at radius 1 is 0.929 bits per heavy atom. The van der Waals surface area contributed by atoms with Gasteiger partial charge in [-0.25, -0.2) is 0 Å². The first-order valence-corrected chi connectivity index (χ1v) is 7.47. The van der Waals surface area contributed by atoms with Crippen LogP contribution in [0.4, 0.5) is 0 Å². The molecule has 4 aliphatic rings. The van der Waals surface area contributed by atoms with Crippen LogP contribution in [0.1, 0.15) is 45.4 Å². The molecule has 4 unspecified atom stereocenters. The maximum atomic E-state index is 2.52. The van der Waals surface area contributed by atoms with Crippen molar-refractivity contribution in [1.82, 2.24) is 0 Å². The highest BCUT2D eigenvalue weighted by molar-refractivity contribution is 8.00. The van der Waals surface area contributed by atoms with Crippen molar-refractivity contribution < 1.29 is 0 Å². The molecule has 0 aromatic heterocycles. The van der Waals surface area contributed by atoms with E-state index in [0.717, 1.165) is 28.9 Å². The van der Waals surface area contributed by atoms with Crippen molar-refractivity contribution in [2.24, 2.45) is 23.7 Å². The first-order chi connectivity index (χ1) is 6.81. The normalized spacial score (nSPS) is 52.5. The molecule has 4 fully saturated rings. The topological polar surface area (TPSA) is 0 Å². The Morgan fingerprint density at radius 2 is 1.79 bits per heavy atom. The van der Waals surface area contributed by atoms with E-state index in [1.54, 1.807) is 38.5 Å². The van der Waals surface area contributed by atoms with E-state index in [4.69, 9.17) is 0 Å². The molecule has 3 aliphatic carbocycles. The fourth-order valence-electron chi connectivity index (χ4n) is 4.04. The number of fused-ring (bicyclic) bond motifs is 2. The van der Waals surface area contributed by atoms with Crippen LogP contribution < -0.4 is 0 Å². The van der Waals surface area contributed by atoms with E-state index in [0.29, 0.717) is 0 Å². The van der Waals surface area contributed by atoms with E-state index >= 15 is 0 Å². The smallest absolute Gasteiger partial charge is 0.00527 e. The van der Waals surface area contributed by atoms with Gasteiger partial charge in [-0.3, -0.25) is 0 Å². The number of hydrogen-bond donors (Lipinski definition) is 0. The second-order valence-electron chi connectivity index (χ2n) is 5.94. The van der Waals surface area contributed by atoms with Gasteiger partial charge < -0.3 is 0 Å². The Bertz CT molecular complexity index is 213. The van der Waals surface area contributed by atoms with E-state index in [1.165, 1.54) is 5.75 Å². The van der Waals surface area contributed by atoms with Crippen molar-refractivity contribution in [3.63, 3.8) is 0 Å². The largest absolute Gasteiger partial charge is 0.158 e. The fourth-order valence-corrected chi connectivity index (χ4v) is 5.68. The molecule has 1 aliphatic heterocycles. The van der Waals surface area contributed by atoms with Gasteiger partial charge in [0.1, 0.15) is 0 Å². The lowest BCUT2D eigenvalue weighted by molar-refractivity contribution is 0.176. The molecule has 5 atom stereocenters. The van der Waals surface area contributed by atoms with Crippen LogP contribution in [0.5, 0.6) is 0 Å². The Hall–Kier alpha value is 0.350. The molecular formula is C13H22S. The second kappa shape index (κ2) is 3.73. The van der Waals surface area contributed by atoms with E-state index in [2.05, 4.69) is 18.7 Å². The highest BCUT2D eigenvalue weighted by Crippen LogP contribution is 2.48. The van der Waals surface area contributed by atoms with Gasteiger partial charge >= 0.3 is 0 Å². The van der Waals surface area contributed by atoms with Gasteiger partial charge in [-0.15, -0.1) is 0 Å². The zero-order chi connectivity index (χ0) is 9.54. The summed E-state index contributed by atoms with van der Waals surface area (Å²) in [5, 5.41) is 1.05. The quantitative estimate of drug-likeness (QED) is 0.583. The summed E-state index contributed by atoms with van der Waals surface area (Å²) in [5.74, 6) is 5.80. The summed E-state index contributed by atoms with van der Waals surface area (Å²) in [5.41, 5.74) is 0. The molecule has 0 N–H and O–H groups in total. The summed E-state index contributed by atoms with van der Waals surface area (Å²) in [6.07, 6.45) is 9.34. The minimum Gasteiger partial charge on any atom is -0.158 e. The summed E-state index contributed by atoms with van der Waals surface area (Å²) in [4.78, 5) is 0. The van der Waals surface area contributed by atoms with Gasteiger partial charge in [0.2, 0.25) is 0 Å². The predicted molar refractivity (Wildman–Crippen MR) is 63.6 cm³/mol. The molecule has 0 nitrogen and oxygen atoms in total. The molecule has 3 saturated carbocycles. The minimum absolute atomic E-state index is 1.04. The van der Waals surface area contributed by atoms with Crippen LogP contribution in [0.3, 0.4) is 0 Å². The van der Waals surface area contributed by atoms with Crippen molar-refractivity contribution in [3.8, 4) is 0 Å². The predicted octanol–water partition coefficient (Wildman–Crippen LogP) is 3.95. The molecule has 14 heavy (non-hydrogen) atoms. The summed E-state index contributed by atoms with van der Waals surface area (Å²) in [6, 6.07) is 0. The van der Waals surface area contributed by atoms with E-state index in [1.807, 2.05) is 0 Å². The third-order valence-electron chi connectivity index (χ3n) is 4.85. The summed E-state index contributed by atoms with van der Waals surface area (Å²) in [7, 11) is 0. The monoisotopic (exact) mass is 210 g/mol. The van der Waals surface area contributed by atoms with Crippen LogP contribution >= 0.6 is 11.8 Å². The average Bonchev–Trinajstić information content (AvgIpc) is 2.62. The molecule has 4 bridgehead atoms. The molecule has 0 amide bonds. The van der Waals surface area contributed by atoms with Gasteiger partial charge in [-0.1, -0.05) is 13.3 Å². The van der Waals surface area contributed by atoms with E-state index in [9.17, 15) is 0 Å². The summed E-state index contributed by atoms with van der Waals surface area (Å²) >= 11 is 2.29. The van der Waals surface area contributed by atoms with Crippen LogP contribution in [-0.4, -0.2) is 11.0 Å². The van der Waals surface area contributed by atoms with Crippen molar-refractivity contribution in [2.45, 2.75) is 50.7 Å². The number of rotatable bonds is 0. The molecule has 80 valence electrons. The first-order valence-electron chi connectivity index (χ1n) is 6.43. The second-order valence-corrected chi connectivity index (χ2v) is 7.28. The SMILES string of the molecule is CC1CC2CCC1CC1CS[C@@H](C2)C1. The fraction of sp³-hybridized carbons (Fsp3) is 1.00. The van der Waals surface area contributed by atoms with Crippen LogP contribution in [0.15, 0.2) is 0 Å². The Labute approximate surface area is 92.2 Å². The molecule has 1 saturated heterocycles. The molecular weight excluding hydrogens is 188 g/mol. The molecule has 0 spiro atoms. The van der Waals surface area contributed by atoms with Crippen LogP contribution in [0.2, 0.25) is 0 Å². The number of hydrogen-bond acceptors (Lipinski definition) is 1. The van der Waals surface area contributed by atoms with Crippen LogP contribution in [0.25, 0.3) is 0 Å². The van der Waals surface area contributed by atoms with E-state index < -0.39 is 0 Å². The lowest BCUT2D eigenvalue weighted by Gasteiger charge is -2.35. The van der Waals surface area contributed by atoms with Crippen LogP contribution in [0, 0.1) is 23.7 Å². The average molecular weight is 210 g/mol. The maximum Gasteiger partial charge on any atom is 0.00527 e. The maximum absolute atomic E-state index is 2.52. The zero-order valence-electron chi connectivity index (χ0n) is 9.24. The Morgan fingerprint density at radius 3 is 2.64 bits per heavy atom. The van der Waals surface area contributed by atoms with Gasteiger partial charge in [0.15, 0.2) is 0 Å². The van der Waals surface area contributed by atoms with Crippen molar-refractivity contribution in [1.29, 1.82) is 0 Å². The minimum atomic E-state index is 1.04. The Balaban J connectivity index is 1.79. The lowest BCUT2D eigenvalue weighted by atomic mass is 9.72. The first kappa shape index (κ1) is 9.57. The molecule has 1 heterocycles. The van der Waals surface area contributed by atoms with Crippen LogP contribution in [-0.2, 0) is 0 Å². The van der Waals surface area contributed by atoms with Gasteiger partial charge in [0.05, 0.1) is 0 Å². The third-order valence-corrected chi connectivity index (χ3v) is 6.37. The Kier molecular flexibility index (Phi) is 2.55. The van der Waals surface area contributed by atoms with Crippen molar-refractivity contribution in [3.05, 3.63) is 0 Å². The van der Waals surface area contributed by atoms with Crippen molar-refractivity contribution >= 4 is 11.8 Å². The van der Waals surface area contributed by atoms with Crippen molar-refractivity contribution in [2.75, 3.05) is 5.75 Å². The summed E-state index contributed by atoms with van der Waals surface area (Å²) < 4.78 is 0. The lowest BCUT2D eigenvalue weighted by Crippen LogP contribution is -2.24. The van der Waals surface area contributed by atoms with Gasteiger partial charge in [0.25, 0.3) is 0 Å². The molecule has 0 radical (unpaired) electrons.